The molecule has 1 heterocycles. The summed E-state index contributed by atoms with van der Waals surface area (Å²) in [5, 5.41) is 4.98. The van der Waals surface area contributed by atoms with Crippen molar-refractivity contribution in [3.05, 3.63) is 267 Å². The maximum Gasteiger partial charge on any atom is 0.0546 e. The highest BCUT2D eigenvalue weighted by molar-refractivity contribution is 6.09. The van der Waals surface area contributed by atoms with E-state index in [1.54, 1.807) is 0 Å². The minimum atomic E-state index is 1.07. The van der Waals surface area contributed by atoms with Gasteiger partial charge in [-0.3, -0.25) is 0 Å². The van der Waals surface area contributed by atoms with Crippen molar-refractivity contribution in [3.8, 4) is 61.3 Å². The van der Waals surface area contributed by atoms with E-state index in [4.69, 9.17) is 0 Å². The molecule has 12 aromatic rings. The predicted molar refractivity (Wildman–Crippen MR) is 280 cm³/mol. The van der Waals surface area contributed by atoms with Gasteiger partial charge in [0, 0.05) is 33.4 Å². The SMILES string of the molecule is c1ccc(-c2ccccc2-c2c(-c3ccccc3)cccc2N(c2ccc(-c3cccc(-n4c5ccccc5c5ccccc54)c3)cc2)c2cccc(-c3ccc4ccccc4c3)c2)cc1. The van der Waals surface area contributed by atoms with Crippen LogP contribution in [0.1, 0.15) is 0 Å². The Morgan fingerprint density at radius 2 is 0.788 bits per heavy atom. The second-order valence-electron chi connectivity index (χ2n) is 16.9. The zero-order valence-corrected chi connectivity index (χ0v) is 36.3. The van der Waals surface area contributed by atoms with Crippen molar-refractivity contribution in [2.45, 2.75) is 0 Å². The van der Waals surface area contributed by atoms with Crippen LogP contribution in [0, 0.1) is 0 Å². The van der Waals surface area contributed by atoms with Gasteiger partial charge in [-0.1, -0.05) is 206 Å². The molecule has 0 amide bonds. The summed E-state index contributed by atoms with van der Waals surface area (Å²) in [6, 6.07) is 97.0. The Morgan fingerprint density at radius 1 is 0.273 bits per heavy atom. The van der Waals surface area contributed by atoms with Gasteiger partial charge in [-0.25, -0.2) is 0 Å². The van der Waals surface area contributed by atoms with E-state index in [1.165, 1.54) is 71.5 Å². The summed E-state index contributed by atoms with van der Waals surface area (Å²) in [5.74, 6) is 0. The maximum atomic E-state index is 2.45. The summed E-state index contributed by atoms with van der Waals surface area (Å²) in [4.78, 5) is 2.45. The molecule has 11 aromatic carbocycles. The molecule has 12 rings (SSSR count). The number of nitrogens with zero attached hydrogens (tertiary/aromatic N) is 2. The Bertz CT molecular complexity index is 3640. The molecule has 0 unspecified atom stereocenters. The van der Waals surface area contributed by atoms with E-state index in [9.17, 15) is 0 Å². The van der Waals surface area contributed by atoms with Crippen LogP contribution in [-0.4, -0.2) is 4.57 Å². The Morgan fingerprint density at radius 3 is 1.52 bits per heavy atom. The van der Waals surface area contributed by atoms with Crippen LogP contribution in [0.25, 0.3) is 93.9 Å². The number of rotatable bonds is 9. The van der Waals surface area contributed by atoms with Crippen LogP contribution < -0.4 is 4.90 Å². The number of para-hydroxylation sites is 2. The van der Waals surface area contributed by atoms with Gasteiger partial charge in [-0.05, 0) is 122 Å². The largest absolute Gasteiger partial charge is 0.310 e. The van der Waals surface area contributed by atoms with E-state index >= 15 is 0 Å². The van der Waals surface area contributed by atoms with Crippen molar-refractivity contribution in [2.24, 2.45) is 0 Å². The molecule has 0 N–H and O–H groups in total. The van der Waals surface area contributed by atoms with Crippen LogP contribution >= 0.6 is 0 Å². The normalized spacial score (nSPS) is 11.3. The fraction of sp³-hybridized carbons (Fsp3) is 0. The van der Waals surface area contributed by atoms with Crippen molar-refractivity contribution in [1.82, 2.24) is 4.57 Å². The minimum absolute atomic E-state index is 1.07. The van der Waals surface area contributed by atoms with E-state index in [0.29, 0.717) is 0 Å². The molecule has 0 atom stereocenters. The molecule has 0 radical (unpaired) electrons. The summed E-state index contributed by atoms with van der Waals surface area (Å²) in [6.07, 6.45) is 0. The van der Waals surface area contributed by atoms with Crippen LogP contribution in [0.3, 0.4) is 0 Å². The van der Waals surface area contributed by atoms with Gasteiger partial charge in [0.05, 0.1) is 16.7 Å². The Hall–Kier alpha value is -8.72. The lowest BCUT2D eigenvalue weighted by Crippen LogP contribution is -2.12. The Balaban J connectivity index is 1.04. The minimum Gasteiger partial charge on any atom is -0.310 e. The number of aromatic nitrogens is 1. The van der Waals surface area contributed by atoms with Crippen LogP contribution in [0.5, 0.6) is 0 Å². The van der Waals surface area contributed by atoms with Crippen molar-refractivity contribution in [3.63, 3.8) is 0 Å². The van der Waals surface area contributed by atoms with Crippen LogP contribution in [0.4, 0.5) is 17.1 Å². The highest BCUT2D eigenvalue weighted by Gasteiger charge is 2.23. The third-order valence-electron chi connectivity index (χ3n) is 13.0. The van der Waals surface area contributed by atoms with E-state index in [-0.39, 0.29) is 0 Å². The number of anilines is 3. The van der Waals surface area contributed by atoms with E-state index in [2.05, 4.69) is 276 Å². The zero-order valence-electron chi connectivity index (χ0n) is 36.3. The van der Waals surface area contributed by atoms with E-state index < -0.39 is 0 Å². The highest BCUT2D eigenvalue weighted by Crippen LogP contribution is 2.48. The molecule has 0 fully saturated rings. The summed E-state index contributed by atoms with van der Waals surface area (Å²) in [5.41, 5.74) is 18.5. The number of benzene rings is 11. The third kappa shape index (κ3) is 7.02. The molecule has 2 heteroatoms. The maximum absolute atomic E-state index is 2.45. The molecule has 0 aliphatic heterocycles. The van der Waals surface area contributed by atoms with Gasteiger partial charge in [0.2, 0.25) is 0 Å². The smallest absolute Gasteiger partial charge is 0.0546 e. The van der Waals surface area contributed by atoms with Crippen LogP contribution in [-0.2, 0) is 0 Å². The lowest BCUT2D eigenvalue weighted by Gasteiger charge is -2.30. The summed E-state index contributed by atoms with van der Waals surface area (Å²) < 4.78 is 2.39. The zero-order chi connectivity index (χ0) is 43.8. The summed E-state index contributed by atoms with van der Waals surface area (Å²) in [7, 11) is 0. The fourth-order valence-corrected chi connectivity index (χ4v) is 9.89. The van der Waals surface area contributed by atoms with Crippen LogP contribution in [0.15, 0.2) is 267 Å². The molecule has 0 aliphatic carbocycles. The van der Waals surface area contributed by atoms with Gasteiger partial charge in [0.15, 0.2) is 0 Å². The molecule has 1 aromatic heterocycles. The van der Waals surface area contributed by atoms with Crippen molar-refractivity contribution >= 4 is 49.6 Å². The third-order valence-corrected chi connectivity index (χ3v) is 13.0. The van der Waals surface area contributed by atoms with Gasteiger partial charge < -0.3 is 9.47 Å². The molecular formula is C64H44N2. The Kier molecular flexibility index (Phi) is 9.89. The molecule has 0 saturated carbocycles. The molecule has 0 aliphatic rings. The van der Waals surface area contributed by atoms with Crippen LogP contribution in [0.2, 0.25) is 0 Å². The molecule has 0 bridgehead atoms. The van der Waals surface area contributed by atoms with E-state index in [0.717, 1.165) is 39.4 Å². The second kappa shape index (κ2) is 16.8. The Labute approximate surface area is 385 Å². The molecule has 0 saturated heterocycles. The monoisotopic (exact) mass is 840 g/mol. The quantitative estimate of drug-likeness (QED) is 0.141. The van der Waals surface area contributed by atoms with Crippen molar-refractivity contribution in [2.75, 3.05) is 4.90 Å². The molecule has 0 spiro atoms. The predicted octanol–water partition coefficient (Wildman–Crippen LogP) is 17.7. The van der Waals surface area contributed by atoms with Crippen molar-refractivity contribution in [1.29, 1.82) is 0 Å². The molecule has 2 nitrogen and oxygen atoms in total. The topological polar surface area (TPSA) is 8.17 Å². The average Bonchev–Trinajstić information content (AvgIpc) is 3.74. The van der Waals surface area contributed by atoms with Crippen molar-refractivity contribution < 1.29 is 0 Å². The number of hydrogen-bond acceptors (Lipinski definition) is 1. The standard InChI is InChI=1S/C64H44N2/c1-3-19-47(20-4-1)56-28-9-10-31-60(56)64-57(48-21-5-2-6-22-48)32-17-35-63(64)65(54-26-16-25-51(44-54)52-37-36-45-18-7-8-23-49(45)42-52)53-40-38-46(39-41-53)50-24-15-27-55(43-50)66-61-33-13-11-29-58(61)59-30-12-14-34-62(59)66/h1-44H. The highest BCUT2D eigenvalue weighted by atomic mass is 15.1. The lowest BCUT2D eigenvalue weighted by atomic mass is 9.87. The summed E-state index contributed by atoms with van der Waals surface area (Å²) in [6.45, 7) is 0. The fourth-order valence-electron chi connectivity index (χ4n) is 9.89. The van der Waals surface area contributed by atoms with E-state index in [1.807, 2.05) is 0 Å². The number of fused-ring (bicyclic) bond motifs is 4. The van der Waals surface area contributed by atoms with Gasteiger partial charge in [-0.15, -0.1) is 0 Å². The first kappa shape index (κ1) is 38.9. The first-order valence-corrected chi connectivity index (χ1v) is 22.7. The van der Waals surface area contributed by atoms with Gasteiger partial charge in [0.25, 0.3) is 0 Å². The first-order chi connectivity index (χ1) is 32.7. The first-order valence-electron chi connectivity index (χ1n) is 22.7. The van der Waals surface area contributed by atoms with Gasteiger partial charge in [0.1, 0.15) is 0 Å². The van der Waals surface area contributed by atoms with Gasteiger partial charge in [-0.2, -0.15) is 0 Å². The number of hydrogen-bond donors (Lipinski definition) is 0. The summed E-state index contributed by atoms with van der Waals surface area (Å²) >= 11 is 0. The second-order valence-corrected chi connectivity index (χ2v) is 16.9. The van der Waals surface area contributed by atoms with Gasteiger partial charge >= 0.3 is 0 Å². The molecular weight excluding hydrogens is 797 g/mol. The molecule has 66 heavy (non-hydrogen) atoms. The lowest BCUT2D eigenvalue weighted by molar-refractivity contribution is 1.18. The molecule has 310 valence electrons. The average molecular weight is 841 g/mol.